The van der Waals surface area contributed by atoms with Gasteiger partial charge in [-0.25, -0.2) is 0 Å². The summed E-state index contributed by atoms with van der Waals surface area (Å²) >= 11 is 0. The van der Waals surface area contributed by atoms with Gasteiger partial charge in [0.05, 0.1) is 5.69 Å². The molecule has 1 aromatic carbocycles. The molecule has 0 saturated carbocycles. The summed E-state index contributed by atoms with van der Waals surface area (Å²) in [5.74, 6) is 1.15. The Morgan fingerprint density at radius 2 is 1.85 bits per heavy atom. The van der Waals surface area contributed by atoms with Crippen molar-refractivity contribution in [3.8, 4) is 0 Å². The van der Waals surface area contributed by atoms with Gasteiger partial charge in [0.15, 0.2) is 0 Å². The molecule has 1 aromatic heterocycles. The quantitative estimate of drug-likeness (QED) is 0.745. The highest BCUT2D eigenvalue weighted by atomic mass is 16.2. The molecule has 1 aliphatic rings. The van der Waals surface area contributed by atoms with Gasteiger partial charge >= 0.3 is 0 Å². The lowest BCUT2D eigenvalue weighted by molar-refractivity contribution is -0.131. The van der Waals surface area contributed by atoms with Crippen LogP contribution in [0.25, 0.3) is 0 Å². The Balaban J connectivity index is 1.41. The Bertz CT molecular complexity index is 696. The largest absolute Gasteiger partial charge is 0.345 e. The first-order chi connectivity index (χ1) is 13.1. The van der Waals surface area contributed by atoms with E-state index in [0.29, 0.717) is 18.3 Å². The highest BCUT2D eigenvalue weighted by Crippen LogP contribution is 2.23. The van der Waals surface area contributed by atoms with Gasteiger partial charge in [-0.1, -0.05) is 43.3 Å². The van der Waals surface area contributed by atoms with Gasteiger partial charge < -0.3 is 4.90 Å². The van der Waals surface area contributed by atoms with E-state index < -0.39 is 0 Å². The second-order valence-corrected chi connectivity index (χ2v) is 7.83. The van der Waals surface area contributed by atoms with Crippen molar-refractivity contribution in [1.82, 2.24) is 14.8 Å². The number of nitrogens with zero attached hydrogens (tertiary/aromatic N) is 3. The van der Waals surface area contributed by atoms with E-state index in [9.17, 15) is 4.79 Å². The Morgan fingerprint density at radius 1 is 1.15 bits per heavy atom. The molecular weight excluding hydrogens is 334 g/mol. The van der Waals surface area contributed by atoms with Gasteiger partial charge in [-0.15, -0.1) is 0 Å². The molecule has 1 amide bonds. The molecule has 144 valence electrons. The van der Waals surface area contributed by atoms with Crippen molar-refractivity contribution in [2.24, 2.45) is 5.92 Å². The fourth-order valence-corrected chi connectivity index (χ4v) is 3.87. The van der Waals surface area contributed by atoms with Gasteiger partial charge in [0.2, 0.25) is 5.91 Å². The summed E-state index contributed by atoms with van der Waals surface area (Å²) in [6.45, 7) is 5.99. The van der Waals surface area contributed by atoms with Crippen molar-refractivity contribution in [2.75, 3.05) is 26.7 Å². The zero-order chi connectivity index (χ0) is 19.1. The topological polar surface area (TPSA) is 36.4 Å². The van der Waals surface area contributed by atoms with Crippen molar-refractivity contribution < 1.29 is 4.79 Å². The Morgan fingerprint density at radius 3 is 2.52 bits per heavy atom. The van der Waals surface area contributed by atoms with Crippen LogP contribution in [-0.4, -0.2) is 47.4 Å². The summed E-state index contributed by atoms with van der Waals surface area (Å²) in [4.78, 5) is 21.4. The Kier molecular flexibility index (Phi) is 6.99. The number of likely N-dealkylation sites (N-methyl/N-ethyl adjacent to an activating group) is 1. The molecule has 0 aliphatic carbocycles. The van der Waals surface area contributed by atoms with E-state index >= 15 is 0 Å². The zero-order valence-corrected chi connectivity index (χ0v) is 16.6. The third-order valence-electron chi connectivity index (χ3n) is 5.62. The number of likely N-dealkylation sites (tertiary alicyclic amines) is 1. The van der Waals surface area contributed by atoms with Crippen LogP contribution in [0.15, 0.2) is 54.7 Å². The molecule has 4 nitrogen and oxygen atoms in total. The third kappa shape index (κ3) is 5.90. The normalized spacial score (nSPS) is 16.8. The van der Waals surface area contributed by atoms with E-state index in [-0.39, 0.29) is 5.91 Å². The van der Waals surface area contributed by atoms with Crippen molar-refractivity contribution in [3.05, 3.63) is 66.0 Å². The number of rotatable bonds is 7. The number of aromatic nitrogens is 1. The summed E-state index contributed by atoms with van der Waals surface area (Å²) in [5, 5.41) is 0. The van der Waals surface area contributed by atoms with Gasteiger partial charge in [-0.3, -0.25) is 14.7 Å². The molecule has 1 saturated heterocycles. The average Bonchev–Trinajstić information content (AvgIpc) is 2.71. The molecule has 2 aromatic rings. The van der Waals surface area contributed by atoms with E-state index in [1.165, 1.54) is 5.56 Å². The van der Waals surface area contributed by atoms with E-state index in [2.05, 4.69) is 47.1 Å². The predicted octanol–water partition coefficient (Wildman–Crippen LogP) is 3.95. The Hall–Kier alpha value is -2.20. The standard InChI is InChI=1S/C23H31N3O/c1-19(21-8-4-3-5-9-21)17-25(2)23(27)16-20-11-14-26(15-12-20)18-22-10-6-7-13-24-22/h3-10,13,19-20H,11-12,14-18H2,1-2H3. The molecule has 0 bridgehead atoms. The molecule has 1 unspecified atom stereocenters. The molecule has 0 spiro atoms. The average molecular weight is 366 g/mol. The lowest BCUT2D eigenvalue weighted by Crippen LogP contribution is -2.37. The fraction of sp³-hybridized carbons (Fsp3) is 0.478. The van der Waals surface area contributed by atoms with E-state index in [0.717, 1.165) is 44.7 Å². The van der Waals surface area contributed by atoms with Crippen molar-refractivity contribution in [1.29, 1.82) is 0 Å². The Labute approximate surface area is 163 Å². The van der Waals surface area contributed by atoms with Gasteiger partial charge in [0, 0.05) is 32.8 Å². The minimum atomic E-state index is 0.279. The number of carbonyl (C=O) groups excluding carboxylic acids is 1. The maximum Gasteiger partial charge on any atom is 0.222 e. The molecule has 2 heterocycles. The summed E-state index contributed by atoms with van der Waals surface area (Å²) in [5.41, 5.74) is 2.42. The first-order valence-electron chi connectivity index (χ1n) is 10.0. The van der Waals surface area contributed by atoms with Crippen molar-refractivity contribution in [3.63, 3.8) is 0 Å². The molecule has 1 aliphatic heterocycles. The minimum Gasteiger partial charge on any atom is -0.345 e. The lowest BCUT2D eigenvalue weighted by atomic mass is 9.92. The number of amides is 1. The van der Waals surface area contributed by atoms with Crippen LogP contribution >= 0.6 is 0 Å². The molecule has 1 atom stereocenters. The van der Waals surface area contributed by atoms with Crippen molar-refractivity contribution >= 4 is 5.91 Å². The molecule has 1 fully saturated rings. The van der Waals surface area contributed by atoms with Crippen LogP contribution in [0.4, 0.5) is 0 Å². The van der Waals surface area contributed by atoms with Crippen LogP contribution in [-0.2, 0) is 11.3 Å². The van der Waals surface area contributed by atoms with Crippen LogP contribution in [0.5, 0.6) is 0 Å². The van der Waals surface area contributed by atoms with Crippen LogP contribution in [0.2, 0.25) is 0 Å². The van der Waals surface area contributed by atoms with E-state index in [1.807, 2.05) is 36.3 Å². The SMILES string of the molecule is CC(CN(C)C(=O)CC1CCN(Cc2ccccn2)CC1)c1ccccc1. The predicted molar refractivity (Wildman–Crippen MR) is 109 cm³/mol. The minimum absolute atomic E-state index is 0.279. The van der Waals surface area contributed by atoms with E-state index in [4.69, 9.17) is 0 Å². The number of pyridine rings is 1. The number of hydrogen-bond donors (Lipinski definition) is 0. The molecule has 4 heteroatoms. The highest BCUT2D eigenvalue weighted by molar-refractivity contribution is 5.76. The fourth-order valence-electron chi connectivity index (χ4n) is 3.87. The second-order valence-electron chi connectivity index (χ2n) is 7.83. The monoisotopic (exact) mass is 365 g/mol. The molecule has 27 heavy (non-hydrogen) atoms. The van der Waals surface area contributed by atoms with E-state index in [1.54, 1.807) is 0 Å². The van der Waals surface area contributed by atoms with Crippen LogP contribution < -0.4 is 0 Å². The summed E-state index contributed by atoms with van der Waals surface area (Å²) < 4.78 is 0. The number of piperidine rings is 1. The number of carbonyl (C=O) groups is 1. The van der Waals surface area contributed by atoms with Crippen LogP contribution in [0.1, 0.15) is 43.4 Å². The van der Waals surface area contributed by atoms with Crippen molar-refractivity contribution in [2.45, 2.75) is 38.6 Å². The summed E-state index contributed by atoms with van der Waals surface area (Å²) in [6.07, 6.45) is 4.73. The molecule has 3 rings (SSSR count). The van der Waals surface area contributed by atoms with Gasteiger partial charge in [0.1, 0.15) is 0 Å². The van der Waals surface area contributed by atoms with Crippen LogP contribution in [0, 0.1) is 5.92 Å². The number of benzene rings is 1. The van der Waals surface area contributed by atoms with Gasteiger partial charge in [0.25, 0.3) is 0 Å². The van der Waals surface area contributed by atoms with Gasteiger partial charge in [-0.05, 0) is 55.5 Å². The summed E-state index contributed by atoms with van der Waals surface area (Å²) in [7, 11) is 1.94. The van der Waals surface area contributed by atoms with Gasteiger partial charge in [-0.2, -0.15) is 0 Å². The number of hydrogen-bond acceptors (Lipinski definition) is 3. The molecule has 0 N–H and O–H groups in total. The first-order valence-corrected chi connectivity index (χ1v) is 10.0. The molecule has 0 radical (unpaired) electrons. The lowest BCUT2D eigenvalue weighted by Gasteiger charge is -2.32. The maximum absolute atomic E-state index is 12.7. The van der Waals surface area contributed by atoms with Crippen LogP contribution in [0.3, 0.4) is 0 Å². The summed E-state index contributed by atoms with van der Waals surface area (Å²) in [6, 6.07) is 16.5. The zero-order valence-electron chi connectivity index (χ0n) is 16.6. The second kappa shape index (κ2) is 9.65. The highest BCUT2D eigenvalue weighted by Gasteiger charge is 2.23. The smallest absolute Gasteiger partial charge is 0.222 e. The molecular formula is C23H31N3O. The first kappa shape index (κ1) is 19.6. The third-order valence-corrected chi connectivity index (χ3v) is 5.62. The maximum atomic E-state index is 12.7.